The number of nitrogens with zero attached hydrogens (tertiary/aromatic N) is 1. The maximum atomic E-state index is 6.20. The van der Waals surface area contributed by atoms with Crippen molar-refractivity contribution < 1.29 is 0 Å². The largest absolute Gasteiger partial charge is 0.398 e. The Morgan fingerprint density at radius 2 is 1.27 bits per heavy atom. The zero-order chi connectivity index (χ0) is 17.5. The molecule has 0 spiro atoms. The lowest BCUT2D eigenvalue weighted by Gasteiger charge is -2.09. The zero-order valence-electron chi connectivity index (χ0n) is 14.3. The SMILES string of the molecule is Nc1ccccc1-c1ccc2c(c1)c1ccccc1n2-c1ccccc1. The van der Waals surface area contributed by atoms with Crippen LogP contribution in [0, 0.1) is 0 Å². The van der Waals surface area contributed by atoms with Crippen molar-refractivity contribution in [2.45, 2.75) is 0 Å². The highest BCUT2D eigenvalue weighted by Crippen LogP contribution is 2.35. The molecule has 0 bridgehead atoms. The molecule has 0 radical (unpaired) electrons. The molecule has 0 aliphatic carbocycles. The van der Waals surface area contributed by atoms with E-state index in [2.05, 4.69) is 77.4 Å². The molecule has 5 aromatic rings. The lowest BCUT2D eigenvalue weighted by molar-refractivity contribution is 1.18. The summed E-state index contributed by atoms with van der Waals surface area (Å²) in [7, 11) is 0. The van der Waals surface area contributed by atoms with Crippen molar-refractivity contribution in [3.8, 4) is 16.8 Å². The number of nitrogen functional groups attached to an aromatic ring is 1. The van der Waals surface area contributed by atoms with Gasteiger partial charge >= 0.3 is 0 Å². The topological polar surface area (TPSA) is 30.9 Å². The molecule has 0 saturated carbocycles. The van der Waals surface area contributed by atoms with Crippen LogP contribution in [0.3, 0.4) is 0 Å². The van der Waals surface area contributed by atoms with E-state index in [9.17, 15) is 0 Å². The summed E-state index contributed by atoms with van der Waals surface area (Å²) in [6.45, 7) is 0. The number of rotatable bonds is 2. The van der Waals surface area contributed by atoms with E-state index in [0.717, 1.165) is 16.8 Å². The summed E-state index contributed by atoms with van der Waals surface area (Å²) < 4.78 is 2.32. The van der Waals surface area contributed by atoms with Crippen LogP contribution in [0.25, 0.3) is 38.6 Å². The van der Waals surface area contributed by atoms with E-state index < -0.39 is 0 Å². The summed E-state index contributed by atoms with van der Waals surface area (Å²) in [6, 6.07) is 33.7. The van der Waals surface area contributed by atoms with Crippen LogP contribution in [0.15, 0.2) is 97.1 Å². The third-order valence-corrected chi connectivity index (χ3v) is 4.96. The van der Waals surface area contributed by atoms with Crippen molar-refractivity contribution in [1.29, 1.82) is 0 Å². The van der Waals surface area contributed by atoms with Gasteiger partial charge in [-0.25, -0.2) is 0 Å². The molecule has 0 aliphatic heterocycles. The molecule has 2 heteroatoms. The molecule has 124 valence electrons. The minimum absolute atomic E-state index is 0.804. The first-order chi connectivity index (χ1) is 12.8. The Bertz CT molecular complexity index is 1230. The Hall–Kier alpha value is -3.52. The number of aromatic nitrogens is 1. The number of anilines is 1. The van der Waals surface area contributed by atoms with Gasteiger partial charge in [-0.05, 0) is 42.0 Å². The van der Waals surface area contributed by atoms with Gasteiger partial charge in [-0.2, -0.15) is 0 Å². The smallest absolute Gasteiger partial charge is 0.0541 e. The lowest BCUT2D eigenvalue weighted by atomic mass is 10.0. The first-order valence-electron chi connectivity index (χ1n) is 8.76. The minimum Gasteiger partial charge on any atom is -0.398 e. The predicted octanol–water partition coefficient (Wildman–Crippen LogP) is 6.03. The van der Waals surface area contributed by atoms with Gasteiger partial charge in [0.25, 0.3) is 0 Å². The van der Waals surface area contributed by atoms with Crippen LogP contribution < -0.4 is 5.73 Å². The Labute approximate surface area is 152 Å². The second-order valence-electron chi connectivity index (χ2n) is 6.51. The molecule has 0 atom stereocenters. The first kappa shape index (κ1) is 14.8. The van der Waals surface area contributed by atoms with E-state index >= 15 is 0 Å². The van der Waals surface area contributed by atoms with Crippen molar-refractivity contribution in [3.63, 3.8) is 0 Å². The Morgan fingerprint density at radius 1 is 0.577 bits per heavy atom. The van der Waals surface area contributed by atoms with E-state index in [4.69, 9.17) is 5.73 Å². The molecule has 0 saturated heterocycles. The third kappa shape index (κ3) is 2.20. The van der Waals surface area contributed by atoms with Crippen LogP contribution in [0.4, 0.5) is 5.69 Å². The van der Waals surface area contributed by atoms with Crippen molar-refractivity contribution >= 4 is 27.5 Å². The van der Waals surface area contributed by atoms with E-state index in [0.29, 0.717) is 0 Å². The molecular formula is C24H18N2. The fourth-order valence-corrected chi connectivity index (χ4v) is 3.76. The van der Waals surface area contributed by atoms with Crippen molar-refractivity contribution in [1.82, 2.24) is 4.57 Å². The van der Waals surface area contributed by atoms with Crippen LogP contribution in [-0.2, 0) is 0 Å². The summed E-state index contributed by atoms with van der Waals surface area (Å²) in [6.07, 6.45) is 0. The molecule has 0 aliphatic rings. The van der Waals surface area contributed by atoms with Gasteiger partial charge in [0.05, 0.1) is 11.0 Å². The molecular weight excluding hydrogens is 316 g/mol. The molecule has 2 nitrogen and oxygen atoms in total. The van der Waals surface area contributed by atoms with Gasteiger partial charge in [-0.15, -0.1) is 0 Å². The molecule has 26 heavy (non-hydrogen) atoms. The standard InChI is InChI=1S/C24H18N2/c25-22-12-6-4-10-19(22)17-14-15-24-21(16-17)20-11-5-7-13-23(20)26(24)18-8-2-1-3-9-18/h1-16H,25H2. The van der Waals surface area contributed by atoms with Gasteiger partial charge in [0.1, 0.15) is 0 Å². The molecule has 2 N–H and O–H groups in total. The normalized spacial score (nSPS) is 11.2. The van der Waals surface area contributed by atoms with E-state index in [1.807, 2.05) is 24.3 Å². The number of nitrogens with two attached hydrogens (primary N) is 1. The van der Waals surface area contributed by atoms with Gasteiger partial charge in [0.2, 0.25) is 0 Å². The Morgan fingerprint density at radius 3 is 2.12 bits per heavy atom. The minimum atomic E-state index is 0.804. The maximum absolute atomic E-state index is 6.20. The van der Waals surface area contributed by atoms with Crippen LogP contribution in [0.5, 0.6) is 0 Å². The summed E-state index contributed by atoms with van der Waals surface area (Å²) in [4.78, 5) is 0. The second kappa shape index (κ2) is 5.78. The van der Waals surface area contributed by atoms with Crippen molar-refractivity contribution in [2.75, 3.05) is 5.73 Å². The number of para-hydroxylation sites is 3. The lowest BCUT2D eigenvalue weighted by Crippen LogP contribution is -1.93. The van der Waals surface area contributed by atoms with Gasteiger partial charge in [-0.1, -0.05) is 60.7 Å². The molecule has 5 rings (SSSR count). The molecule has 0 fully saturated rings. The molecule has 0 amide bonds. The molecule has 4 aromatic carbocycles. The average Bonchev–Trinajstić information content (AvgIpc) is 3.03. The predicted molar refractivity (Wildman–Crippen MR) is 111 cm³/mol. The fourth-order valence-electron chi connectivity index (χ4n) is 3.76. The quantitative estimate of drug-likeness (QED) is 0.392. The highest BCUT2D eigenvalue weighted by atomic mass is 15.0. The molecule has 1 aromatic heterocycles. The van der Waals surface area contributed by atoms with Gasteiger partial charge in [-0.3, -0.25) is 0 Å². The summed E-state index contributed by atoms with van der Waals surface area (Å²) in [5.74, 6) is 0. The van der Waals surface area contributed by atoms with Crippen molar-refractivity contribution in [2.24, 2.45) is 0 Å². The van der Waals surface area contributed by atoms with Crippen LogP contribution in [0.2, 0.25) is 0 Å². The number of hydrogen-bond donors (Lipinski definition) is 1. The first-order valence-corrected chi connectivity index (χ1v) is 8.76. The summed E-state index contributed by atoms with van der Waals surface area (Å²) in [5.41, 5.74) is 12.8. The Balaban J connectivity index is 1.86. The average molecular weight is 334 g/mol. The van der Waals surface area contributed by atoms with Gasteiger partial charge < -0.3 is 10.3 Å². The highest BCUT2D eigenvalue weighted by molar-refractivity contribution is 6.10. The Kier molecular flexibility index (Phi) is 3.29. The van der Waals surface area contributed by atoms with E-state index in [-0.39, 0.29) is 0 Å². The zero-order valence-corrected chi connectivity index (χ0v) is 14.3. The molecule has 1 heterocycles. The van der Waals surface area contributed by atoms with Gasteiger partial charge in [0.15, 0.2) is 0 Å². The summed E-state index contributed by atoms with van der Waals surface area (Å²) in [5, 5.41) is 2.49. The van der Waals surface area contributed by atoms with Crippen molar-refractivity contribution in [3.05, 3.63) is 97.1 Å². The highest BCUT2D eigenvalue weighted by Gasteiger charge is 2.13. The summed E-state index contributed by atoms with van der Waals surface area (Å²) >= 11 is 0. The fraction of sp³-hybridized carbons (Fsp3) is 0. The van der Waals surface area contributed by atoms with Crippen LogP contribution >= 0.6 is 0 Å². The monoisotopic (exact) mass is 334 g/mol. The van der Waals surface area contributed by atoms with Crippen LogP contribution in [-0.4, -0.2) is 4.57 Å². The molecule has 0 unspecified atom stereocenters. The van der Waals surface area contributed by atoms with E-state index in [1.165, 1.54) is 27.5 Å². The number of benzene rings is 4. The number of fused-ring (bicyclic) bond motifs is 3. The van der Waals surface area contributed by atoms with Gasteiger partial charge in [0, 0.05) is 27.7 Å². The van der Waals surface area contributed by atoms with E-state index in [1.54, 1.807) is 0 Å². The second-order valence-corrected chi connectivity index (χ2v) is 6.51. The number of hydrogen-bond acceptors (Lipinski definition) is 1. The maximum Gasteiger partial charge on any atom is 0.0541 e. The van der Waals surface area contributed by atoms with Crippen LogP contribution in [0.1, 0.15) is 0 Å². The third-order valence-electron chi connectivity index (χ3n) is 4.96.